The number of hydrogen-bond donors (Lipinski definition) is 0. The van der Waals surface area contributed by atoms with Crippen LogP contribution in [0.15, 0.2) is 195 Å². The molecule has 4 heterocycles. The van der Waals surface area contributed by atoms with Gasteiger partial charge in [0.1, 0.15) is 39.1 Å². The number of rotatable bonds is 5. The molecule has 0 aliphatic carbocycles. The van der Waals surface area contributed by atoms with Gasteiger partial charge >= 0.3 is 0 Å². The Morgan fingerprint density at radius 3 is 1.42 bits per heavy atom. The van der Waals surface area contributed by atoms with Crippen LogP contribution in [0, 0.1) is 0 Å². The van der Waals surface area contributed by atoms with E-state index in [0.717, 1.165) is 99.3 Å². The SMILES string of the molecule is c1ccc(-c2ccc3oc4c(-c5cccc6oc7ccc(-c8cccc9oc%10ccc(-c%11ccccc%11)cc%10c89)cc7c56)nc(-c5ccccc5)nc4c3c2)cc1. The first-order valence-corrected chi connectivity index (χ1v) is 19.1. The minimum atomic E-state index is 0.629. The van der Waals surface area contributed by atoms with Crippen molar-refractivity contribution in [1.82, 2.24) is 9.97 Å². The lowest BCUT2D eigenvalue weighted by Crippen LogP contribution is -1.94. The second kappa shape index (κ2) is 12.4. The van der Waals surface area contributed by atoms with Crippen molar-refractivity contribution in [2.75, 3.05) is 0 Å². The lowest BCUT2D eigenvalue weighted by atomic mass is 9.95. The van der Waals surface area contributed by atoms with Crippen LogP contribution in [0.5, 0.6) is 0 Å². The van der Waals surface area contributed by atoms with Gasteiger partial charge in [-0.2, -0.15) is 0 Å². The molecule has 12 rings (SSSR count). The smallest absolute Gasteiger partial charge is 0.180 e. The summed E-state index contributed by atoms with van der Waals surface area (Å²) in [6, 6.07) is 62.6. The monoisotopic (exact) mass is 730 g/mol. The summed E-state index contributed by atoms with van der Waals surface area (Å²) in [5.74, 6) is 0.629. The zero-order valence-corrected chi connectivity index (χ0v) is 30.4. The molecule has 0 saturated carbocycles. The van der Waals surface area contributed by atoms with E-state index in [4.69, 9.17) is 23.2 Å². The number of benzene rings is 8. The third kappa shape index (κ3) is 5.03. The zero-order valence-electron chi connectivity index (χ0n) is 30.4. The van der Waals surface area contributed by atoms with Gasteiger partial charge in [0.15, 0.2) is 11.4 Å². The summed E-state index contributed by atoms with van der Waals surface area (Å²) in [7, 11) is 0. The van der Waals surface area contributed by atoms with E-state index < -0.39 is 0 Å². The highest BCUT2D eigenvalue weighted by molar-refractivity contribution is 6.18. The molecule has 0 unspecified atom stereocenters. The zero-order chi connectivity index (χ0) is 37.5. The fourth-order valence-corrected chi connectivity index (χ4v) is 8.42. The van der Waals surface area contributed by atoms with Gasteiger partial charge in [0.05, 0.1) is 0 Å². The van der Waals surface area contributed by atoms with Crippen molar-refractivity contribution in [3.05, 3.63) is 182 Å². The Bertz CT molecular complexity index is 3510. The Balaban J connectivity index is 1.09. The quantitative estimate of drug-likeness (QED) is 0.176. The van der Waals surface area contributed by atoms with E-state index in [1.807, 2.05) is 66.7 Å². The molecule has 0 spiro atoms. The van der Waals surface area contributed by atoms with Crippen LogP contribution in [-0.4, -0.2) is 9.97 Å². The van der Waals surface area contributed by atoms with E-state index in [-0.39, 0.29) is 0 Å². The molecule has 0 bridgehead atoms. The summed E-state index contributed by atoms with van der Waals surface area (Å²) in [6.45, 7) is 0. The van der Waals surface area contributed by atoms with Gasteiger partial charge in [-0.3, -0.25) is 0 Å². The summed E-state index contributed by atoms with van der Waals surface area (Å²) in [5.41, 5.74) is 14.7. The lowest BCUT2D eigenvalue weighted by molar-refractivity contribution is 0.667. The summed E-state index contributed by atoms with van der Waals surface area (Å²) < 4.78 is 19.7. The largest absolute Gasteiger partial charge is 0.456 e. The van der Waals surface area contributed by atoms with E-state index in [9.17, 15) is 0 Å². The summed E-state index contributed by atoms with van der Waals surface area (Å²) in [6.07, 6.45) is 0. The molecule has 0 saturated heterocycles. The van der Waals surface area contributed by atoms with Crippen LogP contribution in [0.1, 0.15) is 0 Å². The van der Waals surface area contributed by atoms with Crippen LogP contribution in [0.4, 0.5) is 0 Å². The molecule has 0 aliphatic heterocycles. The maximum atomic E-state index is 6.71. The third-order valence-electron chi connectivity index (χ3n) is 11.1. The minimum Gasteiger partial charge on any atom is -0.456 e. The number of aromatic nitrogens is 2. The topological polar surface area (TPSA) is 65.2 Å². The van der Waals surface area contributed by atoms with Crippen LogP contribution in [-0.2, 0) is 0 Å². The first-order chi connectivity index (χ1) is 28.2. The molecule has 5 nitrogen and oxygen atoms in total. The highest BCUT2D eigenvalue weighted by atomic mass is 16.3. The van der Waals surface area contributed by atoms with Crippen molar-refractivity contribution in [3.63, 3.8) is 0 Å². The van der Waals surface area contributed by atoms with Gasteiger partial charge in [0.25, 0.3) is 0 Å². The standard InChI is InChI=1S/C52H30N2O3/c1-4-12-31(13-5-1)34-22-25-42-39(28-34)47-37(18-10-20-45(47)55-42)36-24-27-43-40(30-36)48-38(19-11-21-46(48)56-43)49-51-50(54-52(53-49)33-16-8-3-9-17-33)41-29-35(23-26-44(41)57-51)32-14-6-2-7-15-32/h1-30H. The maximum Gasteiger partial charge on any atom is 0.180 e. The van der Waals surface area contributed by atoms with Crippen molar-refractivity contribution in [2.45, 2.75) is 0 Å². The molecular weight excluding hydrogens is 701 g/mol. The number of furan rings is 3. The van der Waals surface area contributed by atoms with Crippen LogP contribution < -0.4 is 0 Å². The average Bonchev–Trinajstić information content (AvgIpc) is 3.97. The molecule has 12 aromatic rings. The van der Waals surface area contributed by atoms with E-state index in [2.05, 4.69) is 115 Å². The van der Waals surface area contributed by atoms with Gasteiger partial charge in [-0.1, -0.05) is 133 Å². The molecule has 0 aliphatic rings. The first-order valence-electron chi connectivity index (χ1n) is 19.1. The van der Waals surface area contributed by atoms with Gasteiger partial charge < -0.3 is 13.3 Å². The Hall–Kier alpha value is -7.76. The average molecular weight is 731 g/mol. The van der Waals surface area contributed by atoms with E-state index >= 15 is 0 Å². The minimum absolute atomic E-state index is 0.629. The van der Waals surface area contributed by atoms with Crippen LogP contribution in [0.2, 0.25) is 0 Å². The Labute approximate surface area is 326 Å². The summed E-state index contributed by atoms with van der Waals surface area (Å²) >= 11 is 0. The molecule has 0 radical (unpaired) electrons. The molecule has 0 amide bonds. The van der Waals surface area contributed by atoms with Crippen molar-refractivity contribution in [1.29, 1.82) is 0 Å². The van der Waals surface area contributed by atoms with E-state index in [0.29, 0.717) is 17.1 Å². The predicted octanol–water partition coefficient (Wildman–Crippen LogP) is 14.5. The molecule has 0 N–H and O–H groups in total. The normalized spacial score (nSPS) is 11.9. The lowest BCUT2D eigenvalue weighted by Gasteiger charge is -2.08. The molecule has 5 heteroatoms. The fraction of sp³-hybridized carbons (Fsp3) is 0. The first kappa shape index (κ1) is 31.6. The molecule has 0 atom stereocenters. The van der Waals surface area contributed by atoms with Gasteiger partial charge in [-0.25, -0.2) is 9.97 Å². The maximum absolute atomic E-state index is 6.71. The summed E-state index contributed by atoms with van der Waals surface area (Å²) in [5, 5.41) is 5.06. The van der Waals surface area contributed by atoms with Crippen LogP contribution >= 0.6 is 0 Å². The second-order valence-electron chi connectivity index (χ2n) is 14.5. The van der Waals surface area contributed by atoms with Gasteiger partial charge in [0.2, 0.25) is 0 Å². The number of fused-ring (bicyclic) bond motifs is 9. The highest BCUT2D eigenvalue weighted by Gasteiger charge is 2.23. The molecule has 8 aromatic carbocycles. The van der Waals surface area contributed by atoms with Crippen molar-refractivity contribution < 1.29 is 13.3 Å². The van der Waals surface area contributed by atoms with E-state index in [1.54, 1.807) is 0 Å². The molecule has 57 heavy (non-hydrogen) atoms. The number of nitrogens with zero attached hydrogens (tertiary/aromatic N) is 2. The Morgan fingerprint density at radius 1 is 0.316 bits per heavy atom. The van der Waals surface area contributed by atoms with Gasteiger partial charge in [-0.05, 0) is 81.9 Å². The Kier molecular flexibility index (Phi) is 6.86. The summed E-state index contributed by atoms with van der Waals surface area (Å²) in [4.78, 5) is 10.5. The van der Waals surface area contributed by atoms with Crippen molar-refractivity contribution >= 4 is 65.9 Å². The number of hydrogen-bond acceptors (Lipinski definition) is 5. The second-order valence-corrected chi connectivity index (χ2v) is 14.5. The molecule has 0 fully saturated rings. The predicted molar refractivity (Wildman–Crippen MR) is 231 cm³/mol. The van der Waals surface area contributed by atoms with Gasteiger partial charge in [0, 0.05) is 38.1 Å². The highest BCUT2D eigenvalue weighted by Crippen LogP contribution is 2.44. The molecule has 4 aromatic heterocycles. The Morgan fingerprint density at radius 2 is 0.807 bits per heavy atom. The van der Waals surface area contributed by atoms with Crippen LogP contribution in [0.25, 0.3) is 122 Å². The van der Waals surface area contributed by atoms with Crippen LogP contribution in [0.3, 0.4) is 0 Å². The molecule has 266 valence electrons. The molecular formula is C52H30N2O3. The fourth-order valence-electron chi connectivity index (χ4n) is 8.42. The third-order valence-corrected chi connectivity index (χ3v) is 11.1. The van der Waals surface area contributed by atoms with Crippen molar-refractivity contribution in [3.8, 4) is 56.0 Å². The van der Waals surface area contributed by atoms with Gasteiger partial charge in [-0.15, -0.1) is 0 Å². The van der Waals surface area contributed by atoms with Crippen molar-refractivity contribution in [2.24, 2.45) is 0 Å². The van der Waals surface area contributed by atoms with E-state index in [1.165, 1.54) is 5.56 Å².